The van der Waals surface area contributed by atoms with Crippen LogP contribution in [0.4, 0.5) is 12.9 Å². The number of hydrogen-bond donors (Lipinski definition) is 0. The van der Waals surface area contributed by atoms with Crippen molar-refractivity contribution in [2.75, 3.05) is 13.1 Å². The molecule has 7 heteroatoms. The first-order valence-electron chi connectivity index (χ1n) is 5.42. The van der Waals surface area contributed by atoms with Gasteiger partial charge in [0.25, 0.3) is 0 Å². The molecule has 0 radical (unpaired) electrons. The summed E-state index contributed by atoms with van der Waals surface area (Å²) < 4.78 is 37.2. The molecule has 0 aliphatic carbocycles. The maximum atomic E-state index is 12.4. The Morgan fingerprint density at radius 2 is 1.89 bits per heavy atom. The van der Waals surface area contributed by atoms with Crippen molar-refractivity contribution in [3.8, 4) is 0 Å². The Kier molecular flexibility index (Phi) is 8.66. The number of hydrogen-bond acceptors (Lipinski definition) is 2. The summed E-state index contributed by atoms with van der Waals surface area (Å²) >= 11 is 0. The predicted molar refractivity (Wildman–Crippen MR) is 63.4 cm³/mol. The summed E-state index contributed by atoms with van der Waals surface area (Å²) in [7, 11) is 0. The number of aromatic nitrogens is 1. The Hall–Kier alpha value is 0.341. The molecule has 1 heterocycles. The van der Waals surface area contributed by atoms with Crippen LogP contribution in [0.15, 0.2) is 36.6 Å². The topological polar surface area (TPSA) is 16.1 Å². The van der Waals surface area contributed by atoms with E-state index in [1.807, 2.05) is 6.92 Å². The van der Waals surface area contributed by atoms with Crippen LogP contribution >= 0.6 is 0 Å². The minimum absolute atomic E-state index is 0. The molecule has 0 fully saturated rings. The van der Waals surface area contributed by atoms with Crippen molar-refractivity contribution >= 4 is 6.98 Å². The molecule has 0 bridgehead atoms. The van der Waals surface area contributed by atoms with Gasteiger partial charge in [-0.1, -0.05) is 6.92 Å². The maximum absolute atomic E-state index is 12.4. The van der Waals surface area contributed by atoms with Gasteiger partial charge in [0.15, 0.2) is 0 Å². The normalized spacial score (nSPS) is 11.2. The minimum Gasteiger partial charge on any atom is -0.445 e. The molecule has 94 valence electrons. The molecule has 2 nitrogen and oxygen atoms in total. The first-order chi connectivity index (χ1) is 7.93. The van der Waals surface area contributed by atoms with Gasteiger partial charge in [-0.2, -0.15) is 0 Å². The molecule has 0 saturated carbocycles. The quantitative estimate of drug-likeness (QED) is 0.675. The van der Waals surface area contributed by atoms with Gasteiger partial charge in [-0.05, 0) is 30.8 Å². The largest absolute Gasteiger partial charge is 1.00 e. The Morgan fingerprint density at radius 1 is 1.33 bits per heavy atom. The van der Waals surface area contributed by atoms with Crippen LogP contribution in [0.3, 0.4) is 0 Å². The van der Waals surface area contributed by atoms with Crippen LogP contribution in [0, 0.1) is 0 Å². The van der Waals surface area contributed by atoms with Gasteiger partial charge >= 0.3 is 58.4 Å². The Bertz CT molecular complexity index is 370. The molecule has 0 aliphatic heterocycles. The fourth-order valence-corrected chi connectivity index (χ4v) is 1.42. The number of halogens is 3. The summed E-state index contributed by atoms with van der Waals surface area (Å²) in [4.78, 5) is 5.57. The fourth-order valence-electron chi connectivity index (χ4n) is 1.42. The number of likely N-dealkylation sites (N-methyl/N-ethyl adjacent to an activating group) is 1. The smallest absolute Gasteiger partial charge is 0.445 e. The zero-order chi connectivity index (χ0) is 12.9. The number of nitrogens with zero attached hydrogens (tertiary/aromatic N) is 2. The van der Waals surface area contributed by atoms with Crippen LogP contribution in [0.2, 0.25) is 0 Å². The monoisotopic (exact) mass is 282 g/mol. The average molecular weight is 282 g/mol. The van der Waals surface area contributed by atoms with E-state index in [-0.39, 0.29) is 57.9 Å². The summed E-state index contributed by atoms with van der Waals surface area (Å²) in [6.45, 7) is 0.884. The first kappa shape index (κ1) is 18.3. The van der Waals surface area contributed by atoms with Crippen molar-refractivity contribution in [2.24, 2.45) is 0 Å². The van der Waals surface area contributed by atoms with E-state index in [0.29, 0.717) is 13.1 Å². The Labute approximate surface area is 148 Å². The molecule has 18 heavy (non-hydrogen) atoms. The summed E-state index contributed by atoms with van der Waals surface area (Å²) in [6, 6.07) is 3.59. The SMILES string of the molecule is C=C(CN(CC)Cc1ccncc1)[B-](F)(F)F.[K+]. The maximum Gasteiger partial charge on any atom is 1.00 e. The molecular formula is C11H15BF3KN2. The van der Waals surface area contributed by atoms with Gasteiger partial charge in [0.2, 0.25) is 0 Å². The predicted octanol–water partition coefficient (Wildman–Crippen LogP) is -0.150. The van der Waals surface area contributed by atoms with E-state index >= 15 is 0 Å². The molecule has 1 aromatic heterocycles. The Morgan fingerprint density at radius 3 is 2.33 bits per heavy atom. The average Bonchev–Trinajstić information content (AvgIpc) is 2.28. The molecule has 0 N–H and O–H groups in total. The molecule has 0 atom stereocenters. The Balaban J connectivity index is 0.00000289. The summed E-state index contributed by atoms with van der Waals surface area (Å²) in [6.07, 6.45) is 3.26. The van der Waals surface area contributed by atoms with Gasteiger partial charge in [0.05, 0.1) is 0 Å². The zero-order valence-electron chi connectivity index (χ0n) is 10.7. The molecule has 1 aromatic rings. The van der Waals surface area contributed by atoms with Crippen LogP contribution in [-0.2, 0) is 6.54 Å². The van der Waals surface area contributed by atoms with Gasteiger partial charge in [0, 0.05) is 18.9 Å². The fraction of sp³-hybridized carbons (Fsp3) is 0.364. The molecule has 0 amide bonds. The van der Waals surface area contributed by atoms with E-state index in [1.165, 1.54) is 0 Å². The molecule has 0 aliphatic rings. The first-order valence-corrected chi connectivity index (χ1v) is 5.42. The van der Waals surface area contributed by atoms with E-state index in [2.05, 4.69) is 11.6 Å². The van der Waals surface area contributed by atoms with Crippen molar-refractivity contribution < 1.29 is 64.3 Å². The van der Waals surface area contributed by atoms with Gasteiger partial charge in [-0.15, -0.1) is 12.1 Å². The molecule has 0 spiro atoms. The third kappa shape index (κ3) is 6.49. The number of rotatable bonds is 6. The van der Waals surface area contributed by atoms with E-state index < -0.39 is 12.4 Å². The molecular weight excluding hydrogens is 267 g/mol. The van der Waals surface area contributed by atoms with Crippen molar-refractivity contribution in [3.05, 3.63) is 42.1 Å². The van der Waals surface area contributed by atoms with Crippen molar-refractivity contribution in [2.45, 2.75) is 13.5 Å². The van der Waals surface area contributed by atoms with Gasteiger partial charge in [-0.3, -0.25) is 9.88 Å². The van der Waals surface area contributed by atoms with E-state index in [4.69, 9.17) is 0 Å². The summed E-state index contributed by atoms with van der Waals surface area (Å²) in [5.41, 5.74) is 0.297. The van der Waals surface area contributed by atoms with Gasteiger partial charge in [0.1, 0.15) is 0 Å². The van der Waals surface area contributed by atoms with Crippen LogP contribution in [0.5, 0.6) is 0 Å². The van der Waals surface area contributed by atoms with E-state index in [1.54, 1.807) is 29.4 Å². The van der Waals surface area contributed by atoms with Crippen molar-refractivity contribution in [1.82, 2.24) is 9.88 Å². The van der Waals surface area contributed by atoms with E-state index in [0.717, 1.165) is 5.56 Å². The van der Waals surface area contributed by atoms with Gasteiger partial charge < -0.3 is 12.9 Å². The zero-order valence-corrected chi connectivity index (χ0v) is 13.9. The summed E-state index contributed by atoms with van der Waals surface area (Å²) in [5.74, 6) is 0. The summed E-state index contributed by atoms with van der Waals surface area (Å²) in [5, 5.41) is 0. The third-order valence-electron chi connectivity index (χ3n) is 2.49. The van der Waals surface area contributed by atoms with Gasteiger partial charge in [-0.25, -0.2) is 0 Å². The molecule has 1 rings (SSSR count). The minimum atomic E-state index is -4.94. The second-order valence-electron chi connectivity index (χ2n) is 3.89. The van der Waals surface area contributed by atoms with Crippen molar-refractivity contribution in [1.29, 1.82) is 0 Å². The van der Waals surface area contributed by atoms with Crippen LogP contribution < -0.4 is 51.4 Å². The molecule has 0 unspecified atom stereocenters. The molecule has 0 saturated heterocycles. The third-order valence-corrected chi connectivity index (χ3v) is 2.49. The standard InChI is InChI=1S/C11H15BF3N2.K/c1-3-17(8-10(2)12(13,14)15)9-11-4-6-16-7-5-11;/h4-7H,2-3,8-9H2,1H3;/q-1;+1. The van der Waals surface area contributed by atoms with Crippen molar-refractivity contribution in [3.63, 3.8) is 0 Å². The van der Waals surface area contributed by atoms with Crippen LogP contribution in [0.1, 0.15) is 12.5 Å². The molecule has 0 aromatic carbocycles. The second-order valence-corrected chi connectivity index (χ2v) is 3.89. The number of pyridine rings is 1. The van der Waals surface area contributed by atoms with Crippen LogP contribution in [-0.4, -0.2) is 30.0 Å². The van der Waals surface area contributed by atoms with Crippen LogP contribution in [0.25, 0.3) is 0 Å². The van der Waals surface area contributed by atoms with E-state index in [9.17, 15) is 12.9 Å². The second kappa shape index (κ2) is 8.50.